The van der Waals surface area contributed by atoms with Gasteiger partial charge in [-0.15, -0.1) is 0 Å². The fraction of sp³-hybridized carbons (Fsp3) is 0.435. The minimum atomic E-state index is -3.86. The van der Waals surface area contributed by atoms with Crippen LogP contribution in [-0.4, -0.2) is 65.6 Å². The van der Waals surface area contributed by atoms with E-state index < -0.39 is 26.0 Å². The van der Waals surface area contributed by atoms with Crippen molar-refractivity contribution in [1.29, 1.82) is 0 Å². The fourth-order valence-corrected chi connectivity index (χ4v) is 6.37. The van der Waals surface area contributed by atoms with Crippen molar-refractivity contribution in [3.05, 3.63) is 47.5 Å². The Labute approximate surface area is 201 Å². The second-order valence-electron chi connectivity index (χ2n) is 8.40. The van der Waals surface area contributed by atoms with Crippen LogP contribution in [0, 0.1) is 6.92 Å². The van der Waals surface area contributed by atoms with Crippen molar-refractivity contribution in [1.82, 2.24) is 8.61 Å². The van der Waals surface area contributed by atoms with Gasteiger partial charge < -0.3 is 10.1 Å². The van der Waals surface area contributed by atoms with Gasteiger partial charge in [-0.1, -0.05) is 18.9 Å². The Kier molecular flexibility index (Phi) is 8.02. The fourth-order valence-electron chi connectivity index (χ4n) is 3.74. The first-order valence-corrected chi connectivity index (χ1v) is 13.9. The van der Waals surface area contributed by atoms with Crippen molar-refractivity contribution >= 4 is 31.6 Å². The van der Waals surface area contributed by atoms with Gasteiger partial charge in [0.15, 0.2) is 0 Å². The lowest BCUT2D eigenvalue weighted by atomic mass is 10.1. The quantitative estimate of drug-likeness (QED) is 0.614. The summed E-state index contributed by atoms with van der Waals surface area (Å²) in [5.41, 5.74) is 1.10. The number of methoxy groups -OCH3 is 1. The predicted molar refractivity (Wildman–Crippen MR) is 130 cm³/mol. The number of anilines is 1. The SMILES string of the molecule is COc1ccc(C(=O)Nc2cc(S(=O)(=O)N(C)C)ccc2C)cc1S(=O)(=O)N1CCCCCC1. The molecule has 0 aliphatic carbocycles. The highest BCUT2D eigenvalue weighted by Gasteiger charge is 2.29. The van der Waals surface area contributed by atoms with E-state index in [-0.39, 0.29) is 21.1 Å². The molecule has 1 heterocycles. The van der Waals surface area contributed by atoms with E-state index in [9.17, 15) is 21.6 Å². The van der Waals surface area contributed by atoms with E-state index in [2.05, 4.69) is 5.32 Å². The molecular weight excluding hydrogens is 478 g/mol. The average molecular weight is 510 g/mol. The number of ether oxygens (including phenoxy) is 1. The van der Waals surface area contributed by atoms with E-state index in [0.29, 0.717) is 24.3 Å². The Morgan fingerprint density at radius 2 is 1.62 bits per heavy atom. The van der Waals surface area contributed by atoms with Crippen molar-refractivity contribution in [3.8, 4) is 5.75 Å². The Morgan fingerprint density at radius 1 is 0.971 bits per heavy atom. The van der Waals surface area contributed by atoms with Crippen LogP contribution in [0.3, 0.4) is 0 Å². The molecular formula is C23H31N3O6S2. The minimum absolute atomic E-state index is 0.0394. The number of aryl methyl sites for hydroxylation is 1. The molecule has 1 amide bonds. The van der Waals surface area contributed by atoms with E-state index >= 15 is 0 Å². The standard InChI is InChI=1S/C23H31N3O6S2/c1-17-9-11-19(33(28,29)25(2)3)16-20(17)24-23(27)18-10-12-21(32-4)22(15-18)34(30,31)26-13-7-5-6-8-14-26/h9-12,15-16H,5-8,13-14H2,1-4H3,(H,24,27). The van der Waals surface area contributed by atoms with Crippen LogP contribution >= 0.6 is 0 Å². The van der Waals surface area contributed by atoms with Crippen LogP contribution in [0.4, 0.5) is 5.69 Å². The zero-order valence-electron chi connectivity index (χ0n) is 19.9. The molecule has 0 bridgehead atoms. The minimum Gasteiger partial charge on any atom is -0.495 e. The van der Waals surface area contributed by atoms with Crippen LogP contribution in [0.5, 0.6) is 5.75 Å². The van der Waals surface area contributed by atoms with Gasteiger partial charge in [0.1, 0.15) is 10.6 Å². The second kappa shape index (κ2) is 10.4. The molecule has 1 aliphatic heterocycles. The molecule has 34 heavy (non-hydrogen) atoms. The van der Waals surface area contributed by atoms with Crippen LogP contribution in [0.2, 0.25) is 0 Å². The number of nitrogens with one attached hydrogen (secondary N) is 1. The maximum atomic E-state index is 13.4. The van der Waals surface area contributed by atoms with Crippen molar-refractivity contribution < 1.29 is 26.4 Å². The van der Waals surface area contributed by atoms with Crippen molar-refractivity contribution in [2.45, 2.75) is 42.4 Å². The summed E-state index contributed by atoms with van der Waals surface area (Å²) in [7, 11) is -3.30. The molecule has 1 N–H and O–H groups in total. The molecule has 2 aromatic carbocycles. The third kappa shape index (κ3) is 5.43. The highest BCUT2D eigenvalue weighted by molar-refractivity contribution is 7.89. The summed E-state index contributed by atoms with van der Waals surface area (Å²) in [5, 5.41) is 2.71. The smallest absolute Gasteiger partial charge is 0.255 e. The van der Waals surface area contributed by atoms with Gasteiger partial charge in [0.25, 0.3) is 5.91 Å². The Bertz CT molecular complexity index is 1270. The van der Waals surface area contributed by atoms with E-state index in [1.54, 1.807) is 13.0 Å². The molecule has 11 heteroatoms. The van der Waals surface area contributed by atoms with Gasteiger partial charge in [0.2, 0.25) is 20.0 Å². The largest absolute Gasteiger partial charge is 0.495 e. The molecule has 3 rings (SSSR count). The number of rotatable bonds is 7. The highest BCUT2D eigenvalue weighted by atomic mass is 32.2. The molecule has 0 aromatic heterocycles. The van der Waals surface area contributed by atoms with Gasteiger partial charge in [0.05, 0.1) is 12.0 Å². The number of hydrogen-bond donors (Lipinski definition) is 1. The number of sulfonamides is 2. The topological polar surface area (TPSA) is 113 Å². The number of nitrogens with zero attached hydrogens (tertiary/aromatic N) is 2. The predicted octanol–water partition coefficient (Wildman–Crippen LogP) is 3.07. The maximum absolute atomic E-state index is 13.4. The van der Waals surface area contributed by atoms with Gasteiger partial charge in [-0.2, -0.15) is 4.31 Å². The molecule has 1 fully saturated rings. The van der Waals surface area contributed by atoms with Crippen molar-refractivity contribution in [3.63, 3.8) is 0 Å². The van der Waals surface area contributed by atoms with Gasteiger partial charge in [0, 0.05) is 38.4 Å². The van der Waals surface area contributed by atoms with E-state index in [0.717, 1.165) is 30.0 Å². The zero-order chi connectivity index (χ0) is 25.1. The molecule has 0 radical (unpaired) electrons. The molecule has 0 atom stereocenters. The lowest BCUT2D eigenvalue weighted by Crippen LogP contribution is -2.32. The van der Waals surface area contributed by atoms with Gasteiger partial charge in [-0.25, -0.2) is 21.1 Å². The summed E-state index contributed by atoms with van der Waals surface area (Å²) >= 11 is 0. The summed E-state index contributed by atoms with van der Waals surface area (Å²) in [6.07, 6.45) is 3.53. The van der Waals surface area contributed by atoms with Crippen LogP contribution in [0.1, 0.15) is 41.6 Å². The van der Waals surface area contributed by atoms with Crippen LogP contribution in [-0.2, 0) is 20.0 Å². The summed E-state index contributed by atoms with van der Waals surface area (Å²) < 4.78 is 59.5. The average Bonchev–Trinajstić information content (AvgIpc) is 3.10. The number of carbonyl (C=O) groups excluding carboxylic acids is 1. The van der Waals surface area contributed by atoms with E-state index in [4.69, 9.17) is 4.74 Å². The summed E-state index contributed by atoms with van der Waals surface area (Å²) in [5.74, 6) is -0.395. The monoisotopic (exact) mass is 509 g/mol. The Morgan fingerprint density at radius 3 is 2.21 bits per heavy atom. The Hall–Kier alpha value is -2.47. The molecule has 0 unspecified atom stereocenters. The first-order valence-electron chi connectivity index (χ1n) is 11.0. The summed E-state index contributed by atoms with van der Waals surface area (Å²) in [6, 6.07) is 8.71. The molecule has 9 nitrogen and oxygen atoms in total. The van der Waals surface area contributed by atoms with Crippen LogP contribution in [0.25, 0.3) is 0 Å². The summed E-state index contributed by atoms with van der Waals surface area (Å²) in [4.78, 5) is 13.0. The number of amides is 1. The normalized spacial score (nSPS) is 15.7. The van der Waals surface area contributed by atoms with Crippen LogP contribution < -0.4 is 10.1 Å². The Balaban J connectivity index is 1.95. The number of hydrogen-bond acceptors (Lipinski definition) is 6. The van der Waals surface area contributed by atoms with Gasteiger partial charge in [-0.3, -0.25) is 4.79 Å². The van der Waals surface area contributed by atoms with Crippen LogP contribution in [0.15, 0.2) is 46.2 Å². The number of benzene rings is 2. The molecule has 0 saturated carbocycles. The van der Waals surface area contributed by atoms with Crippen molar-refractivity contribution in [2.75, 3.05) is 39.6 Å². The lowest BCUT2D eigenvalue weighted by molar-refractivity contribution is 0.102. The molecule has 2 aromatic rings. The second-order valence-corrected chi connectivity index (χ2v) is 12.5. The molecule has 186 valence electrons. The van der Waals surface area contributed by atoms with Crippen molar-refractivity contribution in [2.24, 2.45) is 0 Å². The van der Waals surface area contributed by atoms with Gasteiger partial charge >= 0.3 is 0 Å². The molecule has 1 aliphatic rings. The first-order chi connectivity index (χ1) is 16.0. The van der Waals surface area contributed by atoms with E-state index in [1.807, 2.05) is 0 Å². The first kappa shape index (κ1) is 26.1. The molecule has 0 spiro atoms. The highest BCUT2D eigenvalue weighted by Crippen LogP contribution is 2.30. The third-order valence-electron chi connectivity index (χ3n) is 5.84. The lowest BCUT2D eigenvalue weighted by Gasteiger charge is -2.21. The molecule has 1 saturated heterocycles. The summed E-state index contributed by atoms with van der Waals surface area (Å²) in [6.45, 7) is 2.59. The zero-order valence-corrected chi connectivity index (χ0v) is 21.5. The van der Waals surface area contributed by atoms with Gasteiger partial charge in [-0.05, 0) is 55.7 Å². The third-order valence-corrected chi connectivity index (χ3v) is 9.58. The number of carbonyl (C=O) groups is 1. The maximum Gasteiger partial charge on any atom is 0.255 e. The van der Waals surface area contributed by atoms with E-state index in [1.165, 1.54) is 55.8 Å².